The van der Waals surface area contributed by atoms with Crippen LogP contribution in [0.1, 0.15) is 24.2 Å². The van der Waals surface area contributed by atoms with Crippen molar-refractivity contribution >= 4 is 15.9 Å². The van der Waals surface area contributed by atoms with Gasteiger partial charge in [-0.3, -0.25) is 0 Å². The van der Waals surface area contributed by atoms with Crippen LogP contribution in [-0.4, -0.2) is 12.2 Å². The summed E-state index contributed by atoms with van der Waals surface area (Å²) in [6, 6.07) is 10.0. The molecular formula is C16H16BrFO3. The van der Waals surface area contributed by atoms with Crippen LogP contribution in [0.4, 0.5) is 4.39 Å². The molecule has 3 nitrogen and oxygen atoms in total. The fourth-order valence-corrected chi connectivity index (χ4v) is 2.26. The predicted octanol–water partition coefficient (Wildman–Crippen LogP) is 4.23. The molecule has 2 rings (SSSR count). The first-order chi connectivity index (χ1) is 10.0. The molecule has 1 atom stereocenters. The quantitative estimate of drug-likeness (QED) is 0.873. The van der Waals surface area contributed by atoms with Crippen molar-refractivity contribution in [2.75, 3.05) is 7.11 Å². The molecule has 112 valence electrons. The lowest BCUT2D eigenvalue weighted by Gasteiger charge is -2.14. The van der Waals surface area contributed by atoms with Gasteiger partial charge in [0.25, 0.3) is 0 Å². The highest BCUT2D eigenvalue weighted by molar-refractivity contribution is 9.10. The number of rotatable bonds is 5. The maximum absolute atomic E-state index is 13.4. The van der Waals surface area contributed by atoms with Gasteiger partial charge in [-0.1, -0.05) is 18.2 Å². The van der Waals surface area contributed by atoms with E-state index in [9.17, 15) is 9.50 Å². The molecule has 0 aliphatic carbocycles. The maximum Gasteiger partial charge on any atom is 0.161 e. The van der Waals surface area contributed by atoms with Crippen molar-refractivity contribution in [1.82, 2.24) is 0 Å². The summed E-state index contributed by atoms with van der Waals surface area (Å²) in [5.41, 5.74) is 1.45. The van der Waals surface area contributed by atoms with Gasteiger partial charge in [-0.05, 0) is 46.6 Å². The molecule has 0 unspecified atom stereocenters. The van der Waals surface area contributed by atoms with Crippen molar-refractivity contribution in [3.63, 3.8) is 0 Å². The van der Waals surface area contributed by atoms with Crippen LogP contribution >= 0.6 is 15.9 Å². The zero-order valence-electron chi connectivity index (χ0n) is 11.8. The SMILES string of the molecule is COc1cc([C@@H](C)O)ccc1OCc1cccc(F)c1Br. The number of aliphatic hydroxyl groups excluding tert-OH is 1. The van der Waals surface area contributed by atoms with E-state index in [0.29, 0.717) is 21.5 Å². The summed E-state index contributed by atoms with van der Waals surface area (Å²) in [5, 5.41) is 9.57. The minimum Gasteiger partial charge on any atom is -0.493 e. The maximum atomic E-state index is 13.4. The average molecular weight is 355 g/mol. The van der Waals surface area contributed by atoms with E-state index in [2.05, 4.69) is 15.9 Å². The van der Waals surface area contributed by atoms with Crippen molar-refractivity contribution in [2.24, 2.45) is 0 Å². The van der Waals surface area contributed by atoms with E-state index in [1.54, 1.807) is 37.3 Å². The van der Waals surface area contributed by atoms with Gasteiger partial charge < -0.3 is 14.6 Å². The zero-order chi connectivity index (χ0) is 15.4. The molecule has 0 aliphatic heterocycles. The van der Waals surface area contributed by atoms with Crippen LogP contribution in [0.15, 0.2) is 40.9 Å². The highest BCUT2D eigenvalue weighted by Gasteiger charge is 2.11. The summed E-state index contributed by atoms with van der Waals surface area (Å²) in [4.78, 5) is 0. The molecule has 21 heavy (non-hydrogen) atoms. The van der Waals surface area contributed by atoms with Crippen LogP contribution in [0, 0.1) is 5.82 Å². The summed E-state index contributed by atoms with van der Waals surface area (Å²) < 4.78 is 24.8. The van der Waals surface area contributed by atoms with Gasteiger partial charge in [-0.2, -0.15) is 0 Å². The van der Waals surface area contributed by atoms with Gasteiger partial charge in [0, 0.05) is 5.56 Å². The smallest absolute Gasteiger partial charge is 0.161 e. The summed E-state index contributed by atoms with van der Waals surface area (Å²) in [6.07, 6.45) is -0.578. The Morgan fingerprint density at radius 1 is 1.24 bits per heavy atom. The largest absolute Gasteiger partial charge is 0.493 e. The monoisotopic (exact) mass is 354 g/mol. The number of benzene rings is 2. The van der Waals surface area contributed by atoms with Gasteiger partial charge in [0.05, 0.1) is 17.7 Å². The number of ether oxygens (including phenoxy) is 2. The van der Waals surface area contributed by atoms with E-state index in [4.69, 9.17) is 9.47 Å². The molecule has 0 fully saturated rings. The first kappa shape index (κ1) is 15.8. The fraction of sp³-hybridized carbons (Fsp3) is 0.250. The molecule has 0 saturated heterocycles. The summed E-state index contributed by atoms with van der Waals surface area (Å²) in [7, 11) is 1.53. The number of aliphatic hydroxyl groups is 1. The molecule has 2 aromatic carbocycles. The van der Waals surface area contributed by atoms with Gasteiger partial charge in [0.15, 0.2) is 11.5 Å². The van der Waals surface area contributed by atoms with Crippen molar-refractivity contribution in [2.45, 2.75) is 19.6 Å². The molecule has 0 spiro atoms. The first-order valence-electron chi connectivity index (χ1n) is 6.44. The molecule has 0 amide bonds. The second-order valence-corrected chi connectivity index (χ2v) is 5.38. The van der Waals surface area contributed by atoms with Crippen LogP contribution in [0.2, 0.25) is 0 Å². The molecule has 0 aliphatic rings. The Labute approximate surface area is 131 Å². The standard InChI is InChI=1S/C16H16BrFO3/c1-10(19)11-6-7-14(15(8-11)20-2)21-9-12-4-3-5-13(18)16(12)17/h3-8,10,19H,9H2,1-2H3/t10-/m1/s1. The van der Waals surface area contributed by atoms with Crippen molar-refractivity contribution in [1.29, 1.82) is 0 Å². The second kappa shape index (κ2) is 6.91. The Bertz CT molecular complexity index is 629. The van der Waals surface area contributed by atoms with Gasteiger partial charge >= 0.3 is 0 Å². The molecular weight excluding hydrogens is 339 g/mol. The number of hydrogen-bond acceptors (Lipinski definition) is 3. The highest BCUT2D eigenvalue weighted by atomic mass is 79.9. The normalized spacial score (nSPS) is 12.0. The van der Waals surface area contributed by atoms with Gasteiger partial charge in [0.2, 0.25) is 0 Å². The fourth-order valence-electron chi connectivity index (χ4n) is 1.88. The summed E-state index contributed by atoms with van der Waals surface area (Å²) >= 11 is 3.20. The Morgan fingerprint density at radius 2 is 2.00 bits per heavy atom. The number of halogens is 2. The Kier molecular flexibility index (Phi) is 5.20. The van der Waals surface area contributed by atoms with E-state index in [1.165, 1.54) is 13.2 Å². The van der Waals surface area contributed by atoms with Gasteiger partial charge in [-0.25, -0.2) is 4.39 Å². The third-order valence-corrected chi connectivity index (χ3v) is 3.97. The van der Waals surface area contributed by atoms with Crippen LogP contribution in [0.25, 0.3) is 0 Å². The highest BCUT2D eigenvalue weighted by Crippen LogP contribution is 2.31. The molecule has 0 bridgehead atoms. The number of methoxy groups -OCH3 is 1. The minimum atomic E-state index is -0.578. The van der Waals surface area contributed by atoms with E-state index in [1.807, 2.05) is 0 Å². The topological polar surface area (TPSA) is 38.7 Å². The summed E-state index contributed by atoms with van der Waals surface area (Å²) in [5.74, 6) is 0.742. The molecule has 1 N–H and O–H groups in total. The Balaban J connectivity index is 2.18. The van der Waals surface area contributed by atoms with Crippen LogP contribution in [0.3, 0.4) is 0 Å². The zero-order valence-corrected chi connectivity index (χ0v) is 13.4. The lowest BCUT2D eigenvalue weighted by molar-refractivity contribution is 0.198. The van der Waals surface area contributed by atoms with Gasteiger partial charge in [-0.15, -0.1) is 0 Å². The molecule has 5 heteroatoms. The van der Waals surface area contributed by atoms with Crippen molar-refractivity contribution < 1.29 is 19.0 Å². The minimum absolute atomic E-state index is 0.211. The molecule has 0 radical (unpaired) electrons. The van der Waals surface area contributed by atoms with Crippen LogP contribution < -0.4 is 9.47 Å². The van der Waals surface area contributed by atoms with Gasteiger partial charge in [0.1, 0.15) is 12.4 Å². The molecule has 2 aromatic rings. The van der Waals surface area contributed by atoms with Crippen LogP contribution in [0.5, 0.6) is 11.5 Å². The van der Waals surface area contributed by atoms with E-state index in [0.717, 1.165) is 5.56 Å². The third-order valence-electron chi connectivity index (χ3n) is 3.08. The first-order valence-corrected chi connectivity index (χ1v) is 7.24. The Hall–Kier alpha value is -1.59. The third kappa shape index (κ3) is 3.74. The second-order valence-electron chi connectivity index (χ2n) is 4.59. The molecule has 0 saturated carbocycles. The molecule has 0 heterocycles. The molecule has 0 aromatic heterocycles. The van der Waals surface area contributed by atoms with Crippen LogP contribution in [-0.2, 0) is 6.61 Å². The van der Waals surface area contributed by atoms with Crippen molar-refractivity contribution in [3.05, 3.63) is 57.8 Å². The summed E-state index contributed by atoms with van der Waals surface area (Å²) in [6.45, 7) is 1.89. The lowest BCUT2D eigenvalue weighted by Crippen LogP contribution is -2.00. The Morgan fingerprint density at radius 3 is 2.67 bits per heavy atom. The number of hydrogen-bond donors (Lipinski definition) is 1. The van der Waals surface area contributed by atoms with E-state index in [-0.39, 0.29) is 12.4 Å². The van der Waals surface area contributed by atoms with E-state index >= 15 is 0 Å². The predicted molar refractivity (Wildman–Crippen MR) is 82.1 cm³/mol. The average Bonchev–Trinajstić information content (AvgIpc) is 2.48. The van der Waals surface area contributed by atoms with E-state index < -0.39 is 6.10 Å². The van der Waals surface area contributed by atoms with Crippen molar-refractivity contribution in [3.8, 4) is 11.5 Å². The lowest BCUT2D eigenvalue weighted by atomic mass is 10.1.